The first-order chi connectivity index (χ1) is 16.4. The Morgan fingerprint density at radius 3 is 2.71 bits per heavy atom. The van der Waals surface area contributed by atoms with Gasteiger partial charge in [-0.2, -0.15) is 5.10 Å². The largest absolute Gasteiger partial charge is 0.371 e. The van der Waals surface area contributed by atoms with E-state index in [0.29, 0.717) is 34.5 Å². The van der Waals surface area contributed by atoms with Gasteiger partial charge in [-0.25, -0.2) is 9.37 Å². The molecule has 0 unspecified atom stereocenters. The summed E-state index contributed by atoms with van der Waals surface area (Å²) in [4.78, 5) is 19.8. The van der Waals surface area contributed by atoms with Gasteiger partial charge in [-0.15, -0.1) is 0 Å². The van der Waals surface area contributed by atoms with Crippen molar-refractivity contribution in [2.45, 2.75) is 45.2 Å². The monoisotopic (exact) mass is 461 g/mol. The molecule has 4 aromatic rings. The summed E-state index contributed by atoms with van der Waals surface area (Å²) in [5.74, 6) is -0.796. The van der Waals surface area contributed by atoms with Gasteiger partial charge >= 0.3 is 0 Å². The molecule has 2 aliphatic heterocycles. The third kappa shape index (κ3) is 3.42. The maximum absolute atomic E-state index is 14.5. The van der Waals surface area contributed by atoms with E-state index >= 15 is 0 Å². The molecular weight excluding hydrogens is 433 g/mol. The summed E-state index contributed by atoms with van der Waals surface area (Å²) in [5, 5.41) is 12.1. The molecule has 0 aliphatic carbocycles. The van der Waals surface area contributed by atoms with Gasteiger partial charge in [-0.3, -0.25) is 9.48 Å². The number of hydrogen-bond acceptors (Lipinski definition) is 5. The van der Waals surface area contributed by atoms with Crippen LogP contribution in [0.3, 0.4) is 0 Å². The van der Waals surface area contributed by atoms with Crippen LogP contribution in [0.15, 0.2) is 36.8 Å². The van der Waals surface area contributed by atoms with Gasteiger partial charge in [0, 0.05) is 60.9 Å². The fraction of sp³-hybridized carbons (Fsp3) is 0.400. The molecule has 1 amide bonds. The summed E-state index contributed by atoms with van der Waals surface area (Å²) in [5.41, 5.74) is 3.90. The highest BCUT2D eigenvalue weighted by Gasteiger charge is 2.39. The molecular formula is C25H28FN7O. The van der Waals surface area contributed by atoms with Crippen LogP contribution in [0.2, 0.25) is 0 Å². The molecule has 9 heteroatoms. The van der Waals surface area contributed by atoms with Crippen molar-refractivity contribution < 1.29 is 9.18 Å². The molecule has 1 aromatic carbocycles. The number of nitrogens with zero attached hydrogens (tertiary/aromatic N) is 5. The number of aryl methyl sites for hydroxylation is 2. The fourth-order valence-corrected chi connectivity index (χ4v) is 5.29. The molecule has 2 fully saturated rings. The Labute approximate surface area is 196 Å². The maximum atomic E-state index is 14.5. The number of carbonyl (C=O) groups is 1. The zero-order valence-electron chi connectivity index (χ0n) is 19.4. The lowest BCUT2D eigenvalue weighted by Crippen LogP contribution is -2.61. The van der Waals surface area contributed by atoms with E-state index in [-0.39, 0.29) is 11.6 Å². The number of rotatable bonds is 4. The molecule has 0 radical (unpaired) electrons. The Hall–Kier alpha value is -3.46. The van der Waals surface area contributed by atoms with Gasteiger partial charge in [0.05, 0.1) is 16.9 Å². The van der Waals surface area contributed by atoms with Crippen LogP contribution in [0, 0.1) is 12.7 Å². The molecule has 3 aromatic heterocycles. The minimum absolute atomic E-state index is 0.240. The summed E-state index contributed by atoms with van der Waals surface area (Å²) in [6.45, 7) is 7.63. The Morgan fingerprint density at radius 1 is 1.21 bits per heavy atom. The fourth-order valence-electron chi connectivity index (χ4n) is 5.29. The molecule has 5 heterocycles. The van der Waals surface area contributed by atoms with E-state index in [9.17, 15) is 9.18 Å². The van der Waals surface area contributed by atoms with Crippen molar-refractivity contribution in [1.82, 2.24) is 24.5 Å². The smallest absolute Gasteiger partial charge is 0.257 e. The van der Waals surface area contributed by atoms with E-state index in [1.165, 1.54) is 12.5 Å². The van der Waals surface area contributed by atoms with Crippen LogP contribution in [0.4, 0.5) is 15.8 Å². The van der Waals surface area contributed by atoms with E-state index in [1.807, 2.05) is 29.9 Å². The van der Waals surface area contributed by atoms with Crippen LogP contribution in [-0.2, 0) is 6.54 Å². The Bertz CT molecular complexity index is 1410. The highest BCUT2D eigenvalue weighted by molar-refractivity contribution is 6.13. The Kier molecular flexibility index (Phi) is 4.84. The number of fused-ring (bicyclic) bond motifs is 2. The standard InChI is InChI=1S/C25H28FN7O/c1-3-33-15-19-21(31-10-7-25(8-11-31)6-9-27-25)5-4-18(22(19)30-33)24(34)29-17-12-20(26)23-28-16(2)13-32(23)14-17/h4-5,12-15,27H,3,6-11H2,1-2H3,(H,29,34). The molecule has 1 spiro atoms. The molecule has 6 rings (SSSR count). The van der Waals surface area contributed by atoms with Crippen molar-refractivity contribution in [2.24, 2.45) is 0 Å². The number of pyridine rings is 1. The second-order valence-corrected chi connectivity index (χ2v) is 9.47. The topological polar surface area (TPSA) is 79.5 Å². The normalized spacial score (nSPS) is 17.4. The van der Waals surface area contributed by atoms with Gasteiger partial charge in [0.25, 0.3) is 5.91 Å². The lowest BCUT2D eigenvalue weighted by atomic mass is 9.79. The molecule has 2 saturated heterocycles. The number of imidazole rings is 1. The summed E-state index contributed by atoms with van der Waals surface area (Å²) >= 11 is 0. The predicted octanol–water partition coefficient (Wildman–Crippen LogP) is 3.74. The number of nitrogens with one attached hydrogen (secondary N) is 2. The number of benzene rings is 1. The van der Waals surface area contributed by atoms with E-state index in [1.54, 1.807) is 23.7 Å². The maximum Gasteiger partial charge on any atom is 0.257 e. The Morgan fingerprint density at radius 2 is 2.00 bits per heavy atom. The van der Waals surface area contributed by atoms with Crippen molar-refractivity contribution in [2.75, 3.05) is 29.9 Å². The first kappa shape index (κ1) is 21.1. The molecule has 176 valence electrons. The third-order valence-corrected chi connectivity index (χ3v) is 7.32. The molecule has 0 atom stereocenters. The summed E-state index contributed by atoms with van der Waals surface area (Å²) in [6, 6.07) is 5.16. The zero-order chi connectivity index (χ0) is 23.4. The summed E-state index contributed by atoms with van der Waals surface area (Å²) in [6.07, 6.45) is 8.93. The van der Waals surface area contributed by atoms with Gasteiger partial charge in [0.2, 0.25) is 0 Å². The summed E-state index contributed by atoms with van der Waals surface area (Å²) in [7, 11) is 0. The Balaban J connectivity index is 1.32. The minimum Gasteiger partial charge on any atom is -0.371 e. The first-order valence-electron chi connectivity index (χ1n) is 11.9. The third-order valence-electron chi connectivity index (χ3n) is 7.32. The SMILES string of the molecule is CCn1cc2c(N3CCC4(CCN4)CC3)ccc(C(=O)Nc3cc(F)c4nc(C)cn4c3)c2n1. The minimum atomic E-state index is -0.481. The lowest BCUT2D eigenvalue weighted by Gasteiger charge is -2.49. The molecule has 34 heavy (non-hydrogen) atoms. The van der Waals surface area contributed by atoms with E-state index in [2.05, 4.69) is 20.5 Å². The van der Waals surface area contributed by atoms with Gasteiger partial charge in [0.1, 0.15) is 5.52 Å². The first-order valence-corrected chi connectivity index (χ1v) is 11.9. The molecule has 2 N–H and O–H groups in total. The van der Waals surface area contributed by atoms with E-state index in [4.69, 9.17) is 5.10 Å². The number of halogens is 1. The zero-order valence-corrected chi connectivity index (χ0v) is 19.4. The number of piperidine rings is 1. The second-order valence-electron chi connectivity index (χ2n) is 9.47. The number of carbonyl (C=O) groups excluding carboxylic acids is 1. The van der Waals surface area contributed by atoms with Crippen molar-refractivity contribution in [3.8, 4) is 0 Å². The van der Waals surface area contributed by atoms with Crippen molar-refractivity contribution in [3.63, 3.8) is 0 Å². The van der Waals surface area contributed by atoms with Gasteiger partial charge < -0.3 is 19.9 Å². The van der Waals surface area contributed by atoms with Gasteiger partial charge in [0.15, 0.2) is 11.5 Å². The highest BCUT2D eigenvalue weighted by Crippen LogP contribution is 2.36. The number of hydrogen-bond donors (Lipinski definition) is 2. The molecule has 2 aliphatic rings. The van der Waals surface area contributed by atoms with Crippen LogP contribution in [0.1, 0.15) is 42.2 Å². The highest BCUT2D eigenvalue weighted by atomic mass is 19.1. The van der Waals surface area contributed by atoms with Crippen LogP contribution >= 0.6 is 0 Å². The summed E-state index contributed by atoms with van der Waals surface area (Å²) < 4.78 is 18.0. The molecule has 0 saturated carbocycles. The van der Waals surface area contributed by atoms with Crippen molar-refractivity contribution >= 4 is 33.8 Å². The average Bonchev–Trinajstić information content (AvgIpc) is 3.40. The van der Waals surface area contributed by atoms with Crippen molar-refractivity contribution in [3.05, 3.63) is 53.9 Å². The second kappa shape index (κ2) is 7.80. The number of anilines is 2. The predicted molar refractivity (Wildman–Crippen MR) is 130 cm³/mol. The van der Waals surface area contributed by atoms with Crippen LogP contribution in [-0.4, -0.2) is 50.2 Å². The quantitative estimate of drug-likeness (QED) is 0.484. The number of amides is 1. The lowest BCUT2D eigenvalue weighted by molar-refractivity contribution is 0.102. The van der Waals surface area contributed by atoms with Crippen LogP contribution in [0.25, 0.3) is 16.6 Å². The van der Waals surface area contributed by atoms with E-state index in [0.717, 1.165) is 43.5 Å². The van der Waals surface area contributed by atoms with E-state index < -0.39 is 5.82 Å². The van der Waals surface area contributed by atoms with Gasteiger partial charge in [-0.1, -0.05) is 0 Å². The molecule has 8 nitrogen and oxygen atoms in total. The van der Waals surface area contributed by atoms with Crippen LogP contribution in [0.5, 0.6) is 0 Å². The van der Waals surface area contributed by atoms with Gasteiger partial charge in [-0.05, 0) is 51.8 Å². The average molecular weight is 462 g/mol. The number of aromatic nitrogens is 4. The van der Waals surface area contributed by atoms with Crippen molar-refractivity contribution in [1.29, 1.82) is 0 Å². The van der Waals surface area contributed by atoms with Crippen LogP contribution < -0.4 is 15.5 Å². The molecule has 0 bridgehead atoms.